The van der Waals surface area contributed by atoms with Crippen molar-refractivity contribution >= 4 is 5.69 Å². The SMILES string of the molecule is N#Cc1c(OCC2CCCCO2)cccc1[N+](=O)[O-]. The molecular weight excluding hydrogens is 248 g/mol. The van der Waals surface area contributed by atoms with E-state index >= 15 is 0 Å². The van der Waals surface area contributed by atoms with E-state index in [1.807, 2.05) is 6.07 Å². The first-order chi connectivity index (χ1) is 9.22. The quantitative estimate of drug-likeness (QED) is 0.614. The van der Waals surface area contributed by atoms with E-state index in [9.17, 15) is 10.1 Å². The number of hydrogen-bond donors (Lipinski definition) is 0. The van der Waals surface area contributed by atoms with Crippen LogP contribution >= 0.6 is 0 Å². The summed E-state index contributed by atoms with van der Waals surface area (Å²) in [5.41, 5.74) is -0.270. The Labute approximate surface area is 110 Å². The first kappa shape index (κ1) is 13.3. The Morgan fingerprint density at radius 1 is 1.53 bits per heavy atom. The van der Waals surface area contributed by atoms with Crippen LogP contribution in [0.1, 0.15) is 24.8 Å². The summed E-state index contributed by atoms with van der Waals surface area (Å²) in [7, 11) is 0. The van der Waals surface area contributed by atoms with Gasteiger partial charge in [0.2, 0.25) is 0 Å². The molecule has 1 aliphatic heterocycles. The number of rotatable bonds is 4. The van der Waals surface area contributed by atoms with Crippen LogP contribution in [0, 0.1) is 21.4 Å². The van der Waals surface area contributed by atoms with Crippen molar-refractivity contribution in [3.8, 4) is 11.8 Å². The topological polar surface area (TPSA) is 85.4 Å². The van der Waals surface area contributed by atoms with E-state index in [0.29, 0.717) is 13.2 Å². The number of nitro benzene ring substituents is 1. The molecule has 0 amide bonds. The molecule has 6 nitrogen and oxygen atoms in total. The lowest BCUT2D eigenvalue weighted by Crippen LogP contribution is -2.26. The molecule has 1 fully saturated rings. The summed E-state index contributed by atoms with van der Waals surface area (Å²) in [6.45, 7) is 1.03. The third-order valence-corrected chi connectivity index (χ3v) is 3.01. The second kappa shape index (κ2) is 6.16. The maximum Gasteiger partial charge on any atom is 0.290 e. The summed E-state index contributed by atoms with van der Waals surface area (Å²) in [4.78, 5) is 10.2. The van der Waals surface area contributed by atoms with Gasteiger partial charge in [-0.2, -0.15) is 5.26 Å². The molecule has 1 aliphatic rings. The van der Waals surface area contributed by atoms with E-state index in [4.69, 9.17) is 14.7 Å². The molecule has 1 saturated heterocycles. The molecule has 0 bridgehead atoms. The maximum absolute atomic E-state index is 10.8. The van der Waals surface area contributed by atoms with Crippen molar-refractivity contribution in [3.63, 3.8) is 0 Å². The predicted octanol–water partition coefficient (Wildman–Crippen LogP) is 2.41. The molecule has 0 spiro atoms. The highest BCUT2D eigenvalue weighted by Crippen LogP contribution is 2.27. The largest absolute Gasteiger partial charge is 0.489 e. The van der Waals surface area contributed by atoms with Gasteiger partial charge in [0.05, 0.1) is 11.0 Å². The van der Waals surface area contributed by atoms with Crippen LogP contribution in [0.2, 0.25) is 0 Å². The Bertz CT molecular complexity index is 504. The lowest BCUT2D eigenvalue weighted by atomic mass is 10.1. The van der Waals surface area contributed by atoms with Crippen LogP contribution < -0.4 is 4.74 Å². The Morgan fingerprint density at radius 2 is 2.37 bits per heavy atom. The molecule has 1 atom stereocenters. The van der Waals surface area contributed by atoms with E-state index in [1.165, 1.54) is 12.1 Å². The third-order valence-electron chi connectivity index (χ3n) is 3.01. The predicted molar refractivity (Wildman–Crippen MR) is 66.9 cm³/mol. The van der Waals surface area contributed by atoms with Gasteiger partial charge in [-0.25, -0.2) is 0 Å². The summed E-state index contributed by atoms with van der Waals surface area (Å²) < 4.78 is 11.0. The van der Waals surface area contributed by atoms with E-state index in [2.05, 4.69) is 0 Å². The van der Waals surface area contributed by atoms with Gasteiger partial charge in [0.1, 0.15) is 18.4 Å². The van der Waals surface area contributed by atoms with E-state index in [-0.39, 0.29) is 23.1 Å². The summed E-state index contributed by atoms with van der Waals surface area (Å²) >= 11 is 0. The zero-order chi connectivity index (χ0) is 13.7. The first-order valence-electron chi connectivity index (χ1n) is 6.14. The standard InChI is InChI=1S/C13H14N2O4/c14-8-11-12(15(16)17)5-3-6-13(11)19-9-10-4-1-2-7-18-10/h3,5-6,10H,1-2,4,7,9H2. The van der Waals surface area contributed by atoms with Crippen molar-refractivity contribution in [1.82, 2.24) is 0 Å². The van der Waals surface area contributed by atoms with Crippen molar-refractivity contribution in [2.45, 2.75) is 25.4 Å². The number of hydrogen-bond acceptors (Lipinski definition) is 5. The van der Waals surface area contributed by atoms with Crippen LogP contribution in [-0.4, -0.2) is 24.2 Å². The molecule has 19 heavy (non-hydrogen) atoms. The normalized spacial score (nSPS) is 18.6. The van der Waals surface area contributed by atoms with Crippen LogP contribution in [-0.2, 0) is 4.74 Å². The number of ether oxygens (including phenoxy) is 2. The van der Waals surface area contributed by atoms with Crippen molar-refractivity contribution in [1.29, 1.82) is 5.26 Å². The van der Waals surface area contributed by atoms with Crippen molar-refractivity contribution in [2.24, 2.45) is 0 Å². The Kier molecular flexibility index (Phi) is 4.31. The molecule has 1 aromatic carbocycles. The molecule has 1 aromatic rings. The van der Waals surface area contributed by atoms with Crippen molar-refractivity contribution < 1.29 is 14.4 Å². The molecule has 100 valence electrons. The highest BCUT2D eigenvalue weighted by atomic mass is 16.6. The fourth-order valence-electron chi connectivity index (χ4n) is 2.03. The van der Waals surface area contributed by atoms with Gasteiger partial charge in [-0.1, -0.05) is 6.07 Å². The molecule has 0 N–H and O–H groups in total. The highest BCUT2D eigenvalue weighted by molar-refractivity contribution is 5.56. The summed E-state index contributed by atoms with van der Waals surface area (Å²) in [5, 5.41) is 19.8. The van der Waals surface area contributed by atoms with Crippen molar-refractivity contribution in [2.75, 3.05) is 13.2 Å². The molecule has 0 aromatic heterocycles. The van der Waals surface area contributed by atoms with Crippen molar-refractivity contribution in [3.05, 3.63) is 33.9 Å². The number of benzene rings is 1. The van der Waals surface area contributed by atoms with Gasteiger partial charge in [0.25, 0.3) is 5.69 Å². The average molecular weight is 262 g/mol. The Balaban J connectivity index is 2.09. The molecule has 0 aliphatic carbocycles. The zero-order valence-electron chi connectivity index (χ0n) is 10.4. The van der Waals surface area contributed by atoms with Gasteiger partial charge in [-0.3, -0.25) is 10.1 Å². The Morgan fingerprint density at radius 3 is 3.00 bits per heavy atom. The molecule has 1 heterocycles. The van der Waals surface area contributed by atoms with Gasteiger partial charge in [0.15, 0.2) is 5.56 Å². The second-order valence-electron chi connectivity index (χ2n) is 4.32. The van der Waals surface area contributed by atoms with Gasteiger partial charge < -0.3 is 9.47 Å². The minimum Gasteiger partial charge on any atom is -0.489 e. The Hall–Kier alpha value is -2.13. The molecule has 0 saturated carbocycles. The van der Waals surface area contributed by atoms with Crippen LogP contribution in [0.15, 0.2) is 18.2 Å². The van der Waals surface area contributed by atoms with Crippen LogP contribution in [0.3, 0.4) is 0 Å². The number of nitriles is 1. The van der Waals surface area contributed by atoms with E-state index < -0.39 is 4.92 Å². The first-order valence-corrected chi connectivity index (χ1v) is 6.14. The van der Waals surface area contributed by atoms with Gasteiger partial charge in [-0.05, 0) is 25.3 Å². The second-order valence-corrected chi connectivity index (χ2v) is 4.32. The van der Waals surface area contributed by atoms with Gasteiger partial charge in [-0.15, -0.1) is 0 Å². The number of nitro groups is 1. The average Bonchev–Trinajstić information content (AvgIpc) is 2.45. The lowest BCUT2D eigenvalue weighted by Gasteiger charge is -2.22. The summed E-state index contributed by atoms with van der Waals surface area (Å²) in [6.07, 6.45) is 3.06. The monoisotopic (exact) mass is 262 g/mol. The van der Waals surface area contributed by atoms with Gasteiger partial charge in [0, 0.05) is 12.7 Å². The lowest BCUT2D eigenvalue weighted by molar-refractivity contribution is -0.385. The molecule has 0 radical (unpaired) electrons. The number of nitrogens with zero attached hydrogens (tertiary/aromatic N) is 2. The molecule has 1 unspecified atom stereocenters. The highest BCUT2D eigenvalue weighted by Gasteiger charge is 2.20. The molecule has 2 rings (SSSR count). The van der Waals surface area contributed by atoms with E-state index in [1.54, 1.807) is 6.07 Å². The molecular formula is C13H14N2O4. The van der Waals surface area contributed by atoms with Crippen LogP contribution in [0.4, 0.5) is 5.69 Å². The van der Waals surface area contributed by atoms with Gasteiger partial charge >= 0.3 is 0 Å². The fourth-order valence-corrected chi connectivity index (χ4v) is 2.03. The summed E-state index contributed by atoms with van der Waals surface area (Å²) in [5.74, 6) is 0.242. The minimum absolute atomic E-state index is 0.000412. The molecule has 6 heteroatoms. The summed E-state index contributed by atoms with van der Waals surface area (Å²) in [6, 6.07) is 6.19. The van der Waals surface area contributed by atoms with Crippen LogP contribution in [0.5, 0.6) is 5.75 Å². The maximum atomic E-state index is 10.8. The fraction of sp³-hybridized carbons (Fsp3) is 0.462. The smallest absolute Gasteiger partial charge is 0.290 e. The van der Waals surface area contributed by atoms with Crippen LogP contribution in [0.25, 0.3) is 0 Å². The minimum atomic E-state index is -0.581. The van der Waals surface area contributed by atoms with E-state index in [0.717, 1.165) is 19.3 Å². The zero-order valence-corrected chi connectivity index (χ0v) is 10.4. The third kappa shape index (κ3) is 3.20.